The fourth-order valence-electron chi connectivity index (χ4n) is 13.5. The zero-order valence-corrected chi connectivity index (χ0v) is 33.0. The number of fused-ring (bicyclic) bond motifs is 7. The van der Waals surface area contributed by atoms with Gasteiger partial charge in [-0.3, -0.25) is 9.59 Å². The monoisotopic (exact) mass is 702 g/mol. The van der Waals surface area contributed by atoms with E-state index in [1.54, 1.807) is 13.8 Å². The van der Waals surface area contributed by atoms with Crippen LogP contribution in [-0.2, 0) is 14.3 Å². The van der Waals surface area contributed by atoms with E-state index < -0.39 is 17.4 Å². The van der Waals surface area contributed by atoms with Crippen LogP contribution in [0.4, 0.5) is 4.79 Å². The molecule has 3 N–H and O–H groups in total. The summed E-state index contributed by atoms with van der Waals surface area (Å²) >= 11 is 0. The predicted octanol–water partition coefficient (Wildman–Crippen LogP) is 9.87. The zero-order valence-electron chi connectivity index (χ0n) is 33.0. The minimum atomic E-state index is -1.15. The Labute approximate surface area is 307 Å². The van der Waals surface area contributed by atoms with Crippen molar-refractivity contribution < 1.29 is 24.2 Å². The zero-order chi connectivity index (χ0) is 37.4. The van der Waals surface area contributed by atoms with Gasteiger partial charge in [0.2, 0.25) is 0 Å². The standard InChI is InChI=1S/C44H66N2O5/c1-27(2)30-18-23-44(46-38(50)45-28(3)29-14-12-11-13-15-29)25-24-42(9)31(36(30)44)16-17-33-41(8)21-20-34(51-35(47)26-39(4,5)37(48)49)40(6,7)32(41)19-22-43(33,42)10/h11-15,28,30-34,36H,1,16-26H2,2-10H3,(H,48,49)(H2,45,46,50)/t28-,30-,31+,32-,33+,34-,36+,41-,42+,43+,44-/m0/s1. The lowest BCUT2D eigenvalue weighted by atomic mass is 9.32. The topological polar surface area (TPSA) is 105 Å². The number of benzene rings is 1. The van der Waals surface area contributed by atoms with Crippen molar-refractivity contribution in [3.8, 4) is 0 Å². The molecule has 0 bridgehead atoms. The molecule has 2 amide bonds. The number of allylic oxidation sites excluding steroid dienone is 1. The second kappa shape index (κ2) is 12.9. The lowest BCUT2D eigenvalue weighted by molar-refractivity contribution is -0.246. The molecule has 0 heterocycles. The van der Waals surface area contributed by atoms with Gasteiger partial charge < -0.3 is 20.5 Å². The van der Waals surface area contributed by atoms with Crippen LogP contribution in [0.25, 0.3) is 0 Å². The Morgan fingerprint density at radius 1 is 0.902 bits per heavy atom. The van der Waals surface area contributed by atoms with E-state index >= 15 is 0 Å². The first-order valence-electron chi connectivity index (χ1n) is 19.9. The predicted molar refractivity (Wildman–Crippen MR) is 202 cm³/mol. The van der Waals surface area contributed by atoms with Gasteiger partial charge in [0.1, 0.15) is 6.10 Å². The summed E-state index contributed by atoms with van der Waals surface area (Å²) in [7, 11) is 0. The molecule has 5 aliphatic carbocycles. The maximum absolute atomic E-state index is 13.8. The number of carbonyl (C=O) groups excluding carboxylic acids is 2. The molecular formula is C44H66N2O5. The molecule has 1 aromatic carbocycles. The van der Waals surface area contributed by atoms with E-state index in [9.17, 15) is 19.5 Å². The number of carbonyl (C=O) groups is 3. The molecule has 6 rings (SSSR count). The maximum Gasteiger partial charge on any atom is 0.315 e. The highest BCUT2D eigenvalue weighted by molar-refractivity contribution is 5.81. The average molecular weight is 703 g/mol. The van der Waals surface area contributed by atoms with Crippen LogP contribution < -0.4 is 10.6 Å². The second-order valence-corrected chi connectivity index (χ2v) is 19.8. The number of aliphatic carboxylic acids is 1. The minimum Gasteiger partial charge on any atom is -0.481 e. The largest absolute Gasteiger partial charge is 0.481 e. The summed E-state index contributed by atoms with van der Waals surface area (Å²) in [4.78, 5) is 38.6. The van der Waals surface area contributed by atoms with Crippen LogP contribution in [0, 0.1) is 56.7 Å². The third kappa shape index (κ3) is 6.05. The Morgan fingerprint density at radius 2 is 1.59 bits per heavy atom. The van der Waals surface area contributed by atoms with Crippen molar-refractivity contribution in [1.29, 1.82) is 0 Å². The number of nitrogens with one attached hydrogen (secondary N) is 2. The number of carboxylic acid groups (broad SMARTS) is 1. The van der Waals surface area contributed by atoms with E-state index in [1.165, 1.54) is 18.4 Å². The Morgan fingerprint density at radius 3 is 2.24 bits per heavy atom. The van der Waals surface area contributed by atoms with Crippen molar-refractivity contribution in [2.24, 2.45) is 56.7 Å². The minimum absolute atomic E-state index is 0.0542. The number of carboxylic acids is 1. The van der Waals surface area contributed by atoms with Crippen LogP contribution in [0.3, 0.4) is 0 Å². The third-order valence-corrected chi connectivity index (χ3v) is 16.5. The first kappa shape index (κ1) is 37.9. The number of rotatable bonds is 8. The maximum atomic E-state index is 13.8. The molecule has 11 atom stereocenters. The summed E-state index contributed by atoms with van der Waals surface area (Å²) < 4.78 is 6.18. The summed E-state index contributed by atoms with van der Waals surface area (Å²) in [6, 6.07) is 10.1. The molecule has 5 fully saturated rings. The van der Waals surface area contributed by atoms with Crippen LogP contribution in [0.2, 0.25) is 0 Å². The molecule has 0 aromatic heterocycles. The molecule has 7 nitrogen and oxygen atoms in total. The molecule has 5 aliphatic rings. The summed E-state index contributed by atoms with van der Waals surface area (Å²) in [5.74, 6) is 0.883. The highest BCUT2D eigenvalue weighted by Gasteiger charge is 2.71. The summed E-state index contributed by atoms with van der Waals surface area (Å²) in [5.41, 5.74) is 1.21. The van der Waals surface area contributed by atoms with Gasteiger partial charge in [0.15, 0.2) is 0 Å². The van der Waals surface area contributed by atoms with Crippen LogP contribution >= 0.6 is 0 Å². The highest BCUT2D eigenvalue weighted by atomic mass is 16.5. The Kier molecular flexibility index (Phi) is 9.61. The van der Waals surface area contributed by atoms with Gasteiger partial charge in [-0.15, -0.1) is 0 Å². The number of ether oxygens (including phenoxy) is 1. The fraction of sp³-hybridized carbons (Fsp3) is 0.750. The normalized spacial score (nSPS) is 40.3. The molecule has 1 aromatic rings. The van der Waals surface area contributed by atoms with Crippen molar-refractivity contribution in [3.63, 3.8) is 0 Å². The van der Waals surface area contributed by atoms with Crippen LogP contribution in [-0.4, -0.2) is 34.7 Å². The molecule has 7 heteroatoms. The molecular weight excluding hydrogens is 636 g/mol. The van der Waals surface area contributed by atoms with Gasteiger partial charge in [0.05, 0.1) is 17.9 Å². The van der Waals surface area contributed by atoms with E-state index in [0.717, 1.165) is 56.9 Å². The first-order valence-corrected chi connectivity index (χ1v) is 19.9. The van der Waals surface area contributed by atoms with Crippen LogP contribution in [0.1, 0.15) is 145 Å². The van der Waals surface area contributed by atoms with Crippen LogP contribution in [0.5, 0.6) is 0 Å². The van der Waals surface area contributed by atoms with Gasteiger partial charge in [0.25, 0.3) is 0 Å². The Balaban J connectivity index is 1.23. The third-order valence-electron chi connectivity index (χ3n) is 16.5. The molecule has 0 radical (unpaired) electrons. The number of urea groups is 1. The second-order valence-electron chi connectivity index (χ2n) is 19.8. The van der Waals surface area contributed by atoms with Gasteiger partial charge >= 0.3 is 18.0 Å². The number of esters is 1. The molecule has 51 heavy (non-hydrogen) atoms. The van der Waals surface area contributed by atoms with Crippen molar-refractivity contribution in [2.75, 3.05) is 0 Å². The van der Waals surface area contributed by atoms with Crippen molar-refractivity contribution in [1.82, 2.24) is 10.6 Å². The van der Waals surface area contributed by atoms with E-state index in [-0.39, 0.29) is 51.8 Å². The van der Waals surface area contributed by atoms with Gasteiger partial charge in [-0.25, -0.2) is 4.79 Å². The first-order chi connectivity index (χ1) is 23.7. The summed E-state index contributed by atoms with van der Waals surface area (Å²) in [5, 5.41) is 16.5. The molecule has 0 aliphatic heterocycles. The average Bonchev–Trinajstić information content (AvgIpc) is 3.42. The van der Waals surface area contributed by atoms with Crippen LogP contribution in [0.15, 0.2) is 42.5 Å². The van der Waals surface area contributed by atoms with Crippen molar-refractivity contribution in [3.05, 3.63) is 48.0 Å². The number of hydrogen-bond acceptors (Lipinski definition) is 4. The van der Waals surface area contributed by atoms with E-state index in [2.05, 4.69) is 77.8 Å². The van der Waals surface area contributed by atoms with Crippen molar-refractivity contribution in [2.45, 2.75) is 151 Å². The molecule has 0 spiro atoms. The SMILES string of the molecule is C=C(C)[C@@H]1CC[C@]2(NC(=O)N[C@@H](C)c3ccccc3)CC[C@]3(C)[C@H](CC[C@@H]4[C@@]5(C)CC[C@H](OC(=O)CC(C)(C)C(=O)O)C(C)(C)[C@@H]5CC[C@]43C)[C@@H]12. The van der Waals surface area contributed by atoms with Gasteiger partial charge in [-0.1, -0.05) is 77.1 Å². The quantitative estimate of drug-likeness (QED) is 0.185. The number of hydrogen-bond donors (Lipinski definition) is 3. The smallest absolute Gasteiger partial charge is 0.315 e. The molecule has 0 unspecified atom stereocenters. The summed E-state index contributed by atoms with van der Waals surface area (Å²) in [6.45, 7) is 24.4. The van der Waals surface area contributed by atoms with E-state index in [4.69, 9.17) is 4.74 Å². The number of amides is 2. The Hall–Kier alpha value is -2.83. The molecule has 282 valence electrons. The van der Waals surface area contributed by atoms with Gasteiger partial charge in [-0.05, 0) is 143 Å². The molecule has 0 saturated heterocycles. The Bertz CT molecular complexity index is 1540. The van der Waals surface area contributed by atoms with Gasteiger partial charge in [0, 0.05) is 11.0 Å². The highest BCUT2D eigenvalue weighted by Crippen LogP contribution is 2.76. The molecule has 5 saturated carbocycles. The van der Waals surface area contributed by atoms with E-state index in [0.29, 0.717) is 29.6 Å². The lowest BCUT2D eigenvalue weighted by Gasteiger charge is -2.73. The fourth-order valence-corrected chi connectivity index (χ4v) is 13.5. The van der Waals surface area contributed by atoms with Gasteiger partial charge in [-0.2, -0.15) is 0 Å². The summed E-state index contributed by atoms with van der Waals surface area (Å²) in [6.07, 6.45) is 10.3. The lowest BCUT2D eigenvalue weighted by Crippen LogP contribution is -2.69. The van der Waals surface area contributed by atoms with E-state index in [1.807, 2.05) is 18.2 Å². The van der Waals surface area contributed by atoms with Crippen molar-refractivity contribution >= 4 is 18.0 Å².